The standard InChI is InChI=1S/C18H16ClN3O3/c1-10-7-8-13(12(19)9-10)21-18(24)22-16-15(20-2)11-5-3-4-6-14(11)25-17(16)23/h3-9,20H,1-2H3,(H2,21,22,24). The number of halogens is 1. The van der Waals surface area contributed by atoms with E-state index in [0.29, 0.717) is 27.4 Å². The van der Waals surface area contributed by atoms with E-state index in [1.807, 2.05) is 19.1 Å². The molecule has 0 aliphatic rings. The minimum Gasteiger partial charge on any atom is -0.421 e. The number of benzene rings is 2. The summed E-state index contributed by atoms with van der Waals surface area (Å²) in [5.74, 6) is 0. The number of aryl methyl sites for hydroxylation is 1. The van der Waals surface area contributed by atoms with Crippen molar-refractivity contribution in [2.24, 2.45) is 0 Å². The SMILES string of the molecule is CNc1c(NC(=O)Nc2ccc(C)cc2Cl)c(=O)oc2ccccc12. The topological polar surface area (TPSA) is 83.4 Å². The molecule has 2 aromatic carbocycles. The lowest BCUT2D eigenvalue weighted by Crippen LogP contribution is -2.24. The Hall–Kier alpha value is -2.99. The van der Waals surface area contributed by atoms with Crippen LogP contribution in [0.25, 0.3) is 11.0 Å². The summed E-state index contributed by atoms with van der Waals surface area (Å²) in [6, 6.07) is 11.7. The van der Waals surface area contributed by atoms with Crippen LogP contribution < -0.4 is 21.6 Å². The lowest BCUT2D eigenvalue weighted by Gasteiger charge is -2.13. The molecule has 0 aliphatic heterocycles. The molecule has 2 amide bonds. The van der Waals surface area contributed by atoms with Gasteiger partial charge in [0.15, 0.2) is 5.69 Å². The van der Waals surface area contributed by atoms with E-state index < -0.39 is 11.7 Å². The van der Waals surface area contributed by atoms with Gasteiger partial charge in [-0.25, -0.2) is 9.59 Å². The molecule has 0 fully saturated rings. The number of para-hydroxylation sites is 1. The van der Waals surface area contributed by atoms with Crippen LogP contribution in [0, 0.1) is 6.92 Å². The highest BCUT2D eigenvalue weighted by molar-refractivity contribution is 6.33. The molecule has 0 unspecified atom stereocenters. The zero-order chi connectivity index (χ0) is 18.0. The van der Waals surface area contributed by atoms with E-state index in [2.05, 4.69) is 16.0 Å². The molecule has 0 atom stereocenters. The Balaban J connectivity index is 1.93. The Kier molecular flexibility index (Phi) is 4.63. The Morgan fingerprint density at radius 2 is 1.84 bits per heavy atom. The average Bonchev–Trinajstić information content (AvgIpc) is 2.58. The van der Waals surface area contributed by atoms with E-state index in [9.17, 15) is 9.59 Å². The number of nitrogens with one attached hydrogen (secondary N) is 3. The fraction of sp³-hybridized carbons (Fsp3) is 0.111. The van der Waals surface area contributed by atoms with Crippen LogP contribution in [-0.2, 0) is 0 Å². The third-order valence-corrected chi connectivity index (χ3v) is 3.99. The smallest absolute Gasteiger partial charge is 0.362 e. The van der Waals surface area contributed by atoms with Gasteiger partial charge in [-0.05, 0) is 36.8 Å². The van der Waals surface area contributed by atoms with Crippen LogP contribution in [0.2, 0.25) is 5.02 Å². The molecule has 3 rings (SSSR count). The Morgan fingerprint density at radius 1 is 1.08 bits per heavy atom. The van der Waals surface area contributed by atoms with Crippen LogP contribution in [0.3, 0.4) is 0 Å². The van der Waals surface area contributed by atoms with Gasteiger partial charge in [-0.2, -0.15) is 0 Å². The van der Waals surface area contributed by atoms with Crippen LogP contribution in [0.1, 0.15) is 5.56 Å². The monoisotopic (exact) mass is 357 g/mol. The number of amides is 2. The van der Waals surface area contributed by atoms with Crippen molar-refractivity contribution in [2.75, 3.05) is 23.0 Å². The Labute approximate surface area is 148 Å². The van der Waals surface area contributed by atoms with E-state index >= 15 is 0 Å². The normalized spacial score (nSPS) is 10.5. The predicted octanol–water partition coefficient (Wildman–Crippen LogP) is 4.44. The van der Waals surface area contributed by atoms with E-state index in [1.165, 1.54) is 0 Å². The van der Waals surface area contributed by atoms with Gasteiger partial charge in [0, 0.05) is 12.4 Å². The second-order valence-electron chi connectivity index (χ2n) is 5.45. The largest absolute Gasteiger partial charge is 0.421 e. The van der Waals surface area contributed by atoms with Gasteiger partial charge >= 0.3 is 11.7 Å². The van der Waals surface area contributed by atoms with Gasteiger partial charge in [0.25, 0.3) is 0 Å². The van der Waals surface area contributed by atoms with Crippen molar-refractivity contribution < 1.29 is 9.21 Å². The third kappa shape index (κ3) is 3.44. The molecule has 3 N–H and O–H groups in total. The second-order valence-corrected chi connectivity index (χ2v) is 5.86. The minimum atomic E-state index is -0.645. The molecule has 0 radical (unpaired) electrons. The molecule has 6 nitrogen and oxygen atoms in total. The predicted molar refractivity (Wildman–Crippen MR) is 101 cm³/mol. The summed E-state index contributed by atoms with van der Waals surface area (Å²) in [5.41, 5.74) is 1.72. The van der Waals surface area contributed by atoms with Crippen LogP contribution in [0.5, 0.6) is 0 Å². The van der Waals surface area contributed by atoms with Gasteiger partial charge in [0.2, 0.25) is 0 Å². The highest BCUT2D eigenvalue weighted by atomic mass is 35.5. The summed E-state index contributed by atoms with van der Waals surface area (Å²) in [4.78, 5) is 24.5. The fourth-order valence-electron chi connectivity index (χ4n) is 2.51. The summed E-state index contributed by atoms with van der Waals surface area (Å²) in [7, 11) is 1.67. The molecule has 0 saturated heterocycles. The first kappa shape index (κ1) is 16.9. The van der Waals surface area contributed by atoms with Crippen molar-refractivity contribution >= 4 is 45.7 Å². The minimum absolute atomic E-state index is 0.0296. The van der Waals surface area contributed by atoms with Crippen LogP contribution in [0.15, 0.2) is 51.7 Å². The molecular formula is C18H16ClN3O3. The van der Waals surface area contributed by atoms with Gasteiger partial charge < -0.3 is 15.1 Å². The maximum atomic E-state index is 12.3. The number of carbonyl (C=O) groups is 1. The van der Waals surface area contributed by atoms with Crippen molar-refractivity contribution in [2.45, 2.75) is 6.92 Å². The first-order valence-corrected chi connectivity index (χ1v) is 7.95. The van der Waals surface area contributed by atoms with E-state index in [0.717, 1.165) is 5.56 Å². The van der Waals surface area contributed by atoms with Crippen LogP contribution in [-0.4, -0.2) is 13.1 Å². The van der Waals surface area contributed by atoms with Gasteiger partial charge in [0.05, 0.1) is 16.4 Å². The number of fused-ring (bicyclic) bond motifs is 1. The Morgan fingerprint density at radius 3 is 2.56 bits per heavy atom. The quantitative estimate of drug-likeness (QED) is 0.605. The maximum absolute atomic E-state index is 12.3. The molecule has 0 aliphatic carbocycles. The number of urea groups is 1. The molecule has 3 aromatic rings. The Bertz CT molecular complexity index is 1010. The van der Waals surface area contributed by atoms with E-state index in [4.69, 9.17) is 16.0 Å². The van der Waals surface area contributed by atoms with Gasteiger partial charge in [-0.15, -0.1) is 0 Å². The van der Waals surface area contributed by atoms with Crippen molar-refractivity contribution in [1.29, 1.82) is 0 Å². The molecule has 1 heterocycles. The van der Waals surface area contributed by atoms with E-state index in [1.54, 1.807) is 37.4 Å². The van der Waals surface area contributed by atoms with Crippen molar-refractivity contribution in [3.8, 4) is 0 Å². The van der Waals surface area contributed by atoms with Gasteiger partial charge in [0.1, 0.15) is 5.58 Å². The van der Waals surface area contributed by atoms with Crippen molar-refractivity contribution in [3.63, 3.8) is 0 Å². The molecular weight excluding hydrogens is 342 g/mol. The van der Waals surface area contributed by atoms with Crippen molar-refractivity contribution in [1.82, 2.24) is 0 Å². The van der Waals surface area contributed by atoms with Gasteiger partial charge in [-0.1, -0.05) is 29.8 Å². The number of carbonyl (C=O) groups excluding carboxylic acids is 1. The molecule has 1 aromatic heterocycles. The summed E-state index contributed by atoms with van der Waals surface area (Å²) in [6.07, 6.45) is 0. The van der Waals surface area contributed by atoms with E-state index in [-0.39, 0.29) is 5.69 Å². The number of hydrogen-bond donors (Lipinski definition) is 3. The summed E-state index contributed by atoms with van der Waals surface area (Å²) < 4.78 is 5.26. The first-order valence-electron chi connectivity index (χ1n) is 7.57. The summed E-state index contributed by atoms with van der Waals surface area (Å²) in [6.45, 7) is 1.90. The lowest BCUT2D eigenvalue weighted by molar-refractivity contribution is 0.262. The molecule has 7 heteroatoms. The average molecular weight is 358 g/mol. The lowest BCUT2D eigenvalue weighted by atomic mass is 10.2. The maximum Gasteiger partial charge on any atom is 0.362 e. The second kappa shape index (κ2) is 6.86. The highest BCUT2D eigenvalue weighted by Crippen LogP contribution is 2.28. The zero-order valence-electron chi connectivity index (χ0n) is 13.6. The van der Waals surface area contributed by atoms with Gasteiger partial charge in [-0.3, -0.25) is 5.32 Å². The van der Waals surface area contributed by atoms with Crippen LogP contribution >= 0.6 is 11.6 Å². The molecule has 128 valence electrons. The third-order valence-electron chi connectivity index (χ3n) is 3.67. The van der Waals surface area contributed by atoms with Crippen LogP contribution in [0.4, 0.5) is 21.9 Å². The molecule has 0 spiro atoms. The number of anilines is 3. The summed E-state index contributed by atoms with van der Waals surface area (Å²) in [5, 5.41) is 9.20. The fourth-order valence-corrected chi connectivity index (χ4v) is 2.79. The number of hydrogen-bond acceptors (Lipinski definition) is 4. The molecule has 0 bridgehead atoms. The zero-order valence-corrected chi connectivity index (χ0v) is 14.4. The molecule has 0 saturated carbocycles. The highest BCUT2D eigenvalue weighted by Gasteiger charge is 2.16. The first-order chi connectivity index (χ1) is 12.0. The summed E-state index contributed by atoms with van der Waals surface area (Å²) >= 11 is 6.11. The van der Waals surface area contributed by atoms with Crippen molar-refractivity contribution in [3.05, 3.63) is 63.5 Å². The number of rotatable bonds is 3. The molecule has 25 heavy (non-hydrogen) atoms.